The molecule has 5 nitrogen and oxygen atoms in total. The van der Waals surface area contributed by atoms with Gasteiger partial charge in [-0.3, -0.25) is 4.79 Å². The number of benzene rings is 4. The minimum atomic E-state index is -5.83. The third-order valence-electron chi connectivity index (χ3n) is 6.56. The minimum Gasteiger partial charge on any atom is -0.426 e. The van der Waals surface area contributed by atoms with Crippen molar-refractivity contribution in [3.63, 3.8) is 0 Å². The molecule has 42 heavy (non-hydrogen) atoms. The third-order valence-corrected chi connectivity index (χ3v) is 6.56. The Morgan fingerprint density at radius 3 is 2.12 bits per heavy atom. The number of ketones is 1. The lowest BCUT2D eigenvalue weighted by molar-refractivity contribution is -0.360. The van der Waals surface area contributed by atoms with Crippen LogP contribution < -0.4 is 4.74 Å². The van der Waals surface area contributed by atoms with Crippen molar-refractivity contribution in [3.8, 4) is 34.0 Å². The van der Waals surface area contributed by atoms with Crippen molar-refractivity contribution >= 4 is 5.78 Å². The van der Waals surface area contributed by atoms with Gasteiger partial charge in [0.2, 0.25) is 0 Å². The van der Waals surface area contributed by atoms with E-state index in [0.717, 1.165) is 34.4 Å². The standard InChI is InChI=1S/C32H24F5N3O2/c33-31(34,35)32(36,37)42-28-18-15-26(16-19-28)40-21-38-30(39-40)24-13-10-22(11-14-24)12-17-27(41)20-25-8-4-5-9-29(25)23-6-2-1-3-7-23/h1-11,13-16,18-19,21H,12,17,20H2. The number of hydrogen-bond acceptors (Lipinski definition) is 4. The van der Waals surface area contributed by atoms with Crippen LogP contribution >= 0.6 is 0 Å². The molecule has 0 aliphatic heterocycles. The molecule has 0 atom stereocenters. The van der Waals surface area contributed by atoms with Crippen molar-refractivity contribution in [2.45, 2.75) is 31.5 Å². The maximum atomic E-state index is 13.1. The van der Waals surface area contributed by atoms with Crippen LogP contribution in [-0.4, -0.2) is 32.8 Å². The highest BCUT2D eigenvalue weighted by Crippen LogP contribution is 2.37. The largest absolute Gasteiger partial charge is 0.499 e. The van der Waals surface area contributed by atoms with Gasteiger partial charge in [-0.1, -0.05) is 78.9 Å². The number of aromatic nitrogens is 3. The summed E-state index contributed by atoms with van der Waals surface area (Å²) >= 11 is 0. The van der Waals surface area contributed by atoms with E-state index in [1.54, 1.807) is 0 Å². The minimum absolute atomic E-state index is 0.140. The fourth-order valence-corrected chi connectivity index (χ4v) is 4.37. The van der Waals surface area contributed by atoms with Crippen LogP contribution in [0.15, 0.2) is 109 Å². The summed E-state index contributed by atoms with van der Waals surface area (Å²) in [5, 5.41) is 4.36. The Labute approximate surface area is 238 Å². The zero-order valence-corrected chi connectivity index (χ0v) is 22.1. The van der Waals surface area contributed by atoms with Crippen LogP contribution in [0.4, 0.5) is 22.0 Å². The summed E-state index contributed by atoms with van der Waals surface area (Å²) in [7, 11) is 0. The second kappa shape index (κ2) is 11.9. The number of nitrogens with zero attached hydrogens (tertiary/aromatic N) is 3. The number of aryl methyl sites for hydroxylation is 1. The molecule has 4 aromatic carbocycles. The summed E-state index contributed by atoms with van der Waals surface area (Å²) in [4.78, 5) is 17.1. The number of ether oxygens (including phenoxy) is 1. The molecular formula is C32H24F5N3O2. The molecule has 0 amide bonds. The van der Waals surface area contributed by atoms with Crippen molar-refractivity contribution in [2.24, 2.45) is 0 Å². The molecule has 0 unspecified atom stereocenters. The van der Waals surface area contributed by atoms with Crippen LogP contribution in [0, 0.1) is 0 Å². The first-order valence-electron chi connectivity index (χ1n) is 13.0. The molecule has 5 rings (SSSR count). The molecule has 1 heterocycles. The number of alkyl halides is 5. The lowest BCUT2D eigenvalue weighted by Gasteiger charge is -2.20. The summed E-state index contributed by atoms with van der Waals surface area (Å²) < 4.78 is 68.5. The van der Waals surface area contributed by atoms with E-state index in [-0.39, 0.29) is 5.78 Å². The van der Waals surface area contributed by atoms with E-state index in [9.17, 15) is 26.7 Å². The number of rotatable bonds is 10. The summed E-state index contributed by atoms with van der Waals surface area (Å²) in [5.74, 6) is -0.114. The third kappa shape index (κ3) is 6.71. The van der Waals surface area contributed by atoms with Gasteiger partial charge in [-0.25, -0.2) is 9.67 Å². The fraction of sp³-hybridized carbons (Fsp3) is 0.156. The molecule has 0 N–H and O–H groups in total. The van der Waals surface area contributed by atoms with Crippen LogP contribution in [0.2, 0.25) is 0 Å². The van der Waals surface area contributed by atoms with E-state index in [0.29, 0.717) is 36.3 Å². The number of carbonyl (C=O) groups is 1. The first kappa shape index (κ1) is 28.7. The lowest BCUT2D eigenvalue weighted by Crippen LogP contribution is -2.41. The first-order valence-corrected chi connectivity index (χ1v) is 13.0. The van der Waals surface area contributed by atoms with Crippen molar-refractivity contribution in [1.82, 2.24) is 14.8 Å². The van der Waals surface area contributed by atoms with E-state index in [1.807, 2.05) is 78.9 Å². The van der Waals surface area contributed by atoms with Crippen molar-refractivity contribution in [3.05, 3.63) is 121 Å². The summed E-state index contributed by atoms with van der Waals surface area (Å²) in [6.45, 7) is 0. The Kier molecular flexibility index (Phi) is 8.15. The maximum Gasteiger partial charge on any atom is 0.499 e. The Hall–Kier alpha value is -4.86. The fourth-order valence-electron chi connectivity index (χ4n) is 4.37. The highest BCUT2D eigenvalue weighted by Gasteiger charge is 2.61. The van der Waals surface area contributed by atoms with Gasteiger partial charge in [0.15, 0.2) is 5.82 Å². The topological polar surface area (TPSA) is 57.0 Å². The monoisotopic (exact) mass is 577 g/mol. The van der Waals surface area contributed by atoms with Crippen LogP contribution in [0.5, 0.6) is 5.75 Å². The first-order chi connectivity index (χ1) is 20.1. The molecule has 0 saturated carbocycles. The Bertz CT molecular complexity index is 1650. The SMILES string of the molecule is O=C(CCc1ccc(-c2ncn(-c3ccc(OC(F)(F)C(F)(F)F)cc3)n2)cc1)Cc1ccccc1-c1ccccc1. The molecule has 0 spiro atoms. The molecule has 10 heteroatoms. The molecule has 0 saturated heterocycles. The van der Waals surface area contributed by atoms with Gasteiger partial charge in [0.1, 0.15) is 17.9 Å². The lowest BCUT2D eigenvalue weighted by atomic mass is 9.95. The summed E-state index contributed by atoms with van der Waals surface area (Å²) in [5.41, 5.74) is 5.20. The van der Waals surface area contributed by atoms with Gasteiger partial charge in [0, 0.05) is 18.4 Å². The normalized spacial score (nSPS) is 11.8. The highest BCUT2D eigenvalue weighted by atomic mass is 19.4. The number of carbonyl (C=O) groups excluding carboxylic acids is 1. The molecular weight excluding hydrogens is 553 g/mol. The van der Waals surface area contributed by atoms with E-state index >= 15 is 0 Å². The molecule has 0 aliphatic carbocycles. The second-order valence-electron chi connectivity index (χ2n) is 9.56. The predicted octanol–water partition coefficient (Wildman–Crippen LogP) is 7.88. The molecule has 0 radical (unpaired) electrons. The van der Waals surface area contributed by atoms with E-state index in [2.05, 4.69) is 14.8 Å². The van der Waals surface area contributed by atoms with Crippen molar-refractivity contribution in [2.75, 3.05) is 0 Å². The Morgan fingerprint density at radius 1 is 0.762 bits per heavy atom. The van der Waals surface area contributed by atoms with Crippen LogP contribution in [0.1, 0.15) is 17.5 Å². The quantitative estimate of drug-likeness (QED) is 0.159. The van der Waals surface area contributed by atoms with Gasteiger partial charge in [0.05, 0.1) is 5.69 Å². The predicted molar refractivity (Wildman–Crippen MR) is 147 cm³/mol. The zero-order chi connectivity index (χ0) is 29.7. The zero-order valence-electron chi connectivity index (χ0n) is 22.1. The average Bonchev–Trinajstić information content (AvgIpc) is 3.47. The van der Waals surface area contributed by atoms with E-state index in [4.69, 9.17) is 0 Å². The van der Waals surface area contributed by atoms with E-state index in [1.165, 1.54) is 23.1 Å². The van der Waals surface area contributed by atoms with Gasteiger partial charge in [-0.05, 0) is 52.9 Å². The van der Waals surface area contributed by atoms with Crippen molar-refractivity contribution in [1.29, 1.82) is 0 Å². The highest BCUT2D eigenvalue weighted by molar-refractivity contribution is 5.84. The second-order valence-corrected chi connectivity index (χ2v) is 9.56. The number of hydrogen-bond donors (Lipinski definition) is 0. The molecule has 0 aliphatic rings. The van der Waals surface area contributed by atoms with Crippen LogP contribution in [0.25, 0.3) is 28.2 Å². The molecule has 5 aromatic rings. The van der Waals surface area contributed by atoms with Crippen molar-refractivity contribution < 1.29 is 31.5 Å². The molecule has 0 bridgehead atoms. The van der Waals surface area contributed by atoms with Gasteiger partial charge in [-0.2, -0.15) is 22.0 Å². The van der Waals surface area contributed by atoms with E-state index < -0.39 is 18.0 Å². The summed E-state index contributed by atoms with van der Waals surface area (Å²) in [6.07, 6.45) is -8.41. The van der Waals surface area contributed by atoms with Gasteiger partial charge < -0.3 is 4.74 Å². The number of halogens is 5. The van der Waals surface area contributed by atoms with Crippen LogP contribution in [-0.2, 0) is 17.6 Å². The maximum absolute atomic E-state index is 13.1. The summed E-state index contributed by atoms with van der Waals surface area (Å²) in [6, 6.07) is 29.9. The molecule has 0 fully saturated rings. The van der Waals surface area contributed by atoms with Gasteiger partial charge >= 0.3 is 12.3 Å². The Balaban J connectivity index is 1.18. The smallest absolute Gasteiger partial charge is 0.426 e. The average molecular weight is 578 g/mol. The number of Topliss-reactive ketones (excluding diaryl/α,β-unsaturated/α-hetero) is 1. The molecule has 214 valence electrons. The molecule has 1 aromatic heterocycles. The Morgan fingerprint density at radius 2 is 1.43 bits per heavy atom. The van der Waals surface area contributed by atoms with Crippen LogP contribution in [0.3, 0.4) is 0 Å². The van der Waals surface area contributed by atoms with Gasteiger partial charge in [-0.15, -0.1) is 5.10 Å². The van der Waals surface area contributed by atoms with Gasteiger partial charge in [0.25, 0.3) is 0 Å².